The number of rotatable bonds is 8. The van der Waals surface area contributed by atoms with Gasteiger partial charge in [0.05, 0.1) is 6.61 Å². The summed E-state index contributed by atoms with van der Waals surface area (Å²) in [7, 11) is 1.66. The lowest BCUT2D eigenvalue weighted by Gasteiger charge is -2.08. The Kier molecular flexibility index (Phi) is 5.26. The van der Waals surface area contributed by atoms with Gasteiger partial charge in [-0.05, 0) is 0 Å². The van der Waals surface area contributed by atoms with E-state index in [1.54, 1.807) is 7.05 Å². The molecule has 2 rings (SSSR count). The third-order valence-corrected chi connectivity index (χ3v) is 2.24. The Morgan fingerprint density at radius 3 is 2.76 bits per heavy atom. The summed E-state index contributed by atoms with van der Waals surface area (Å²) < 4.78 is 29.9. The standard InChI is InChI=1S/C10H14F2N8O/c1-13-8-17-9(15-2-3-21-4-7(11)12)19-10(18-8)20-6-14-5-16-20/h5-7H,2-4H2,1H3,(H2,13,15,17,18,19). The summed E-state index contributed by atoms with van der Waals surface area (Å²) in [6.07, 6.45) is 0.329. The summed E-state index contributed by atoms with van der Waals surface area (Å²) in [5.74, 6) is 0.898. The van der Waals surface area contributed by atoms with Crippen molar-refractivity contribution in [3.8, 4) is 5.95 Å². The first kappa shape index (κ1) is 15.0. The quantitative estimate of drug-likeness (QED) is 0.666. The second-order valence-corrected chi connectivity index (χ2v) is 3.77. The Balaban J connectivity index is 1.97. The van der Waals surface area contributed by atoms with Gasteiger partial charge < -0.3 is 15.4 Å². The van der Waals surface area contributed by atoms with Gasteiger partial charge >= 0.3 is 0 Å². The normalized spacial score (nSPS) is 10.9. The maximum absolute atomic E-state index is 11.9. The lowest BCUT2D eigenvalue weighted by Crippen LogP contribution is -2.16. The van der Waals surface area contributed by atoms with E-state index in [0.29, 0.717) is 5.95 Å². The summed E-state index contributed by atoms with van der Waals surface area (Å²) in [6, 6.07) is 0. The van der Waals surface area contributed by atoms with Crippen LogP contribution in [-0.4, -0.2) is 62.9 Å². The van der Waals surface area contributed by atoms with Crippen molar-refractivity contribution >= 4 is 11.9 Å². The highest BCUT2D eigenvalue weighted by Crippen LogP contribution is 2.07. The number of hydrogen-bond acceptors (Lipinski definition) is 8. The van der Waals surface area contributed by atoms with Gasteiger partial charge in [-0.3, -0.25) is 0 Å². The second kappa shape index (κ2) is 7.38. The molecule has 0 aliphatic rings. The van der Waals surface area contributed by atoms with Gasteiger partial charge in [0.1, 0.15) is 19.3 Å². The minimum atomic E-state index is -2.48. The third kappa shape index (κ3) is 4.56. The van der Waals surface area contributed by atoms with Crippen LogP contribution in [0.2, 0.25) is 0 Å². The van der Waals surface area contributed by atoms with Crippen LogP contribution in [0.3, 0.4) is 0 Å². The van der Waals surface area contributed by atoms with Crippen LogP contribution in [-0.2, 0) is 4.74 Å². The number of ether oxygens (including phenoxy) is 1. The predicted molar refractivity (Wildman–Crippen MR) is 69.6 cm³/mol. The number of halogens is 2. The molecule has 0 amide bonds. The molecule has 11 heteroatoms. The van der Waals surface area contributed by atoms with Crippen molar-refractivity contribution in [1.29, 1.82) is 0 Å². The van der Waals surface area contributed by atoms with Crippen molar-refractivity contribution in [2.24, 2.45) is 0 Å². The van der Waals surface area contributed by atoms with Crippen molar-refractivity contribution in [1.82, 2.24) is 29.7 Å². The first-order valence-corrected chi connectivity index (χ1v) is 6.07. The van der Waals surface area contributed by atoms with E-state index in [1.807, 2.05) is 0 Å². The van der Waals surface area contributed by atoms with Gasteiger partial charge in [0.25, 0.3) is 12.4 Å². The zero-order chi connectivity index (χ0) is 15.1. The van der Waals surface area contributed by atoms with Crippen LogP contribution in [0, 0.1) is 0 Å². The number of alkyl halides is 2. The van der Waals surface area contributed by atoms with E-state index in [4.69, 9.17) is 4.74 Å². The van der Waals surface area contributed by atoms with Crippen LogP contribution in [0.15, 0.2) is 12.7 Å². The van der Waals surface area contributed by atoms with E-state index in [-0.39, 0.29) is 25.0 Å². The molecule has 0 aliphatic heterocycles. The van der Waals surface area contributed by atoms with E-state index >= 15 is 0 Å². The first-order chi connectivity index (χ1) is 10.2. The van der Waals surface area contributed by atoms with Crippen molar-refractivity contribution in [3.05, 3.63) is 12.7 Å². The Morgan fingerprint density at radius 2 is 2.10 bits per heavy atom. The molecule has 2 aromatic heterocycles. The van der Waals surface area contributed by atoms with Crippen molar-refractivity contribution in [2.45, 2.75) is 6.43 Å². The Bertz CT molecular complexity index is 550. The Morgan fingerprint density at radius 1 is 1.29 bits per heavy atom. The van der Waals surface area contributed by atoms with E-state index < -0.39 is 13.0 Å². The number of nitrogens with one attached hydrogen (secondary N) is 2. The van der Waals surface area contributed by atoms with Crippen LogP contribution in [0.4, 0.5) is 20.7 Å². The van der Waals surface area contributed by atoms with Crippen LogP contribution in [0.1, 0.15) is 0 Å². The lowest BCUT2D eigenvalue weighted by molar-refractivity contribution is 0.0214. The third-order valence-electron chi connectivity index (χ3n) is 2.24. The summed E-state index contributed by atoms with van der Waals surface area (Å²) >= 11 is 0. The number of aromatic nitrogens is 6. The second-order valence-electron chi connectivity index (χ2n) is 3.77. The van der Waals surface area contributed by atoms with Crippen molar-refractivity contribution in [3.63, 3.8) is 0 Å². The number of hydrogen-bond donors (Lipinski definition) is 2. The first-order valence-electron chi connectivity index (χ1n) is 6.07. The summed E-state index contributed by atoms with van der Waals surface area (Å²) in [5.41, 5.74) is 0. The molecule has 0 spiro atoms. The molecule has 0 radical (unpaired) electrons. The maximum Gasteiger partial charge on any atom is 0.261 e. The summed E-state index contributed by atoms with van der Waals surface area (Å²) in [6.45, 7) is -0.189. The molecule has 2 heterocycles. The molecular weight excluding hydrogens is 286 g/mol. The lowest BCUT2D eigenvalue weighted by atomic mass is 10.6. The molecule has 0 aliphatic carbocycles. The zero-order valence-electron chi connectivity index (χ0n) is 11.2. The molecule has 0 saturated heterocycles. The van der Waals surface area contributed by atoms with Gasteiger partial charge in [0.15, 0.2) is 0 Å². The van der Waals surface area contributed by atoms with E-state index in [0.717, 1.165) is 0 Å². The molecule has 0 unspecified atom stereocenters. The summed E-state index contributed by atoms with van der Waals surface area (Å²) in [4.78, 5) is 16.1. The minimum Gasteiger partial charge on any atom is -0.374 e. The maximum atomic E-state index is 11.9. The molecule has 0 bridgehead atoms. The molecule has 0 atom stereocenters. The molecular formula is C10H14F2N8O. The smallest absolute Gasteiger partial charge is 0.261 e. The highest BCUT2D eigenvalue weighted by Gasteiger charge is 2.08. The average molecular weight is 300 g/mol. The van der Waals surface area contributed by atoms with Gasteiger partial charge in [-0.15, -0.1) is 0 Å². The average Bonchev–Trinajstić information content (AvgIpc) is 3.00. The topological polar surface area (TPSA) is 103 Å². The number of anilines is 2. The van der Waals surface area contributed by atoms with Gasteiger partial charge in [0.2, 0.25) is 11.9 Å². The van der Waals surface area contributed by atoms with Gasteiger partial charge in [-0.25, -0.2) is 13.8 Å². The highest BCUT2D eigenvalue weighted by molar-refractivity contribution is 5.37. The molecule has 114 valence electrons. The van der Waals surface area contributed by atoms with Gasteiger partial charge in [-0.2, -0.15) is 24.7 Å². The molecule has 0 saturated carbocycles. The Labute approximate surface area is 118 Å². The fourth-order valence-corrected chi connectivity index (χ4v) is 1.38. The van der Waals surface area contributed by atoms with Gasteiger partial charge in [0, 0.05) is 13.6 Å². The molecule has 0 fully saturated rings. The van der Waals surface area contributed by atoms with Crippen LogP contribution in [0.25, 0.3) is 5.95 Å². The van der Waals surface area contributed by atoms with E-state index in [9.17, 15) is 8.78 Å². The number of nitrogens with zero attached hydrogens (tertiary/aromatic N) is 6. The molecule has 2 aromatic rings. The molecule has 0 aromatic carbocycles. The van der Waals surface area contributed by atoms with Crippen LogP contribution < -0.4 is 10.6 Å². The predicted octanol–water partition coefficient (Wildman–Crippen LogP) is 0.188. The SMILES string of the molecule is CNc1nc(NCCOCC(F)F)nc(-n2cncn2)n1. The largest absolute Gasteiger partial charge is 0.374 e. The van der Waals surface area contributed by atoms with Crippen molar-refractivity contribution in [2.75, 3.05) is 37.4 Å². The minimum absolute atomic E-state index is 0.115. The Hall–Kier alpha value is -2.43. The zero-order valence-corrected chi connectivity index (χ0v) is 11.2. The highest BCUT2D eigenvalue weighted by atomic mass is 19.3. The van der Waals surface area contributed by atoms with Crippen LogP contribution in [0.5, 0.6) is 0 Å². The molecule has 21 heavy (non-hydrogen) atoms. The van der Waals surface area contributed by atoms with Crippen LogP contribution >= 0.6 is 0 Å². The van der Waals surface area contributed by atoms with Gasteiger partial charge in [-0.1, -0.05) is 0 Å². The van der Waals surface area contributed by atoms with E-state index in [1.165, 1.54) is 17.3 Å². The fourth-order valence-electron chi connectivity index (χ4n) is 1.38. The van der Waals surface area contributed by atoms with E-state index in [2.05, 4.69) is 35.7 Å². The monoisotopic (exact) mass is 300 g/mol. The summed E-state index contributed by atoms with van der Waals surface area (Å²) in [5, 5.41) is 9.58. The molecule has 2 N–H and O–H groups in total. The molecule has 9 nitrogen and oxygen atoms in total. The fraction of sp³-hybridized carbons (Fsp3) is 0.500. The van der Waals surface area contributed by atoms with Crippen molar-refractivity contribution < 1.29 is 13.5 Å².